The third-order valence-corrected chi connectivity index (χ3v) is 7.70. The second-order valence-corrected chi connectivity index (χ2v) is 15.4. The molecular formula is C57H106N20. The number of rotatable bonds is 7. The molecule has 0 saturated heterocycles. The lowest BCUT2D eigenvalue weighted by atomic mass is 10.1. The molecule has 0 fully saturated rings. The average Bonchev–Trinajstić information content (AvgIpc) is 3.51. The minimum Gasteiger partial charge on any atom is -0.245 e. The third-order valence-electron chi connectivity index (χ3n) is 7.70. The number of nitrogens with zero attached hydrogens (tertiary/aromatic N) is 20. The van der Waals surface area contributed by atoms with Gasteiger partial charge < -0.3 is 0 Å². The maximum Gasteiger partial charge on any atom is 0.176 e. The van der Waals surface area contributed by atoms with Gasteiger partial charge in [0, 0.05) is 42.5 Å². The molecule has 0 spiro atoms. The smallest absolute Gasteiger partial charge is 0.176 e. The molecule has 0 aliphatic heterocycles. The molecule has 0 saturated carbocycles. The van der Waals surface area contributed by atoms with Gasteiger partial charge in [0.1, 0.15) is 37.5 Å². The van der Waals surface area contributed by atoms with Crippen LogP contribution in [0.2, 0.25) is 0 Å². The quantitative estimate of drug-likeness (QED) is 0.144. The molecule has 0 aromatic carbocycles. The van der Waals surface area contributed by atoms with E-state index in [1.807, 2.05) is 143 Å². The number of hydrogen-bond acceptors (Lipinski definition) is 20. The topological polar surface area (TPSA) is 258 Å². The van der Waals surface area contributed by atoms with Crippen LogP contribution in [0.3, 0.4) is 0 Å². The van der Waals surface area contributed by atoms with E-state index in [2.05, 4.69) is 170 Å². The van der Waals surface area contributed by atoms with Crippen LogP contribution in [-0.4, -0.2) is 101 Å². The summed E-state index contributed by atoms with van der Waals surface area (Å²) in [5, 5.41) is 44.4. The van der Waals surface area contributed by atoms with E-state index in [-0.39, 0.29) is 0 Å². The van der Waals surface area contributed by atoms with Crippen molar-refractivity contribution in [3.8, 4) is 0 Å². The van der Waals surface area contributed by atoms with Crippen molar-refractivity contribution in [1.82, 2.24) is 101 Å². The van der Waals surface area contributed by atoms with Crippen molar-refractivity contribution in [2.75, 3.05) is 0 Å². The van der Waals surface area contributed by atoms with Gasteiger partial charge in [0.2, 0.25) is 0 Å². The number of hydrogen-bond donors (Lipinski definition) is 0. The van der Waals surface area contributed by atoms with Gasteiger partial charge in [0.25, 0.3) is 0 Å². The van der Waals surface area contributed by atoms with Crippen molar-refractivity contribution in [2.24, 2.45) is 0 Å². The highest BCUT2D eigenvalue weighted by Gasteiger charge is 2.02. The van der Waals surface area contributed by atoms with Gasteiger partial charge >= 0.3 is 0 Å². The highest BCUT2D eigenvalue weighted by atomic mass is 15.3. The van der Waals surface area contributed by atoms with Crippen LogP contribution in [-0.2, 0) is 0 Å². The molecule has 7 aromatic rings. The summed E-state index contributed by atoms with van der Waals surface area (Å²) >= 11 is 0. The minimum atomic E-state index is 0.311. The van der Waals surface area contributed by atoms with E-state index in [4.69, 9.17) is 0 Å². The van der Waals surface area contributed by atoms with Crippen LogP contribution in [0.4, 0.5) is 0 Å². The standard InChI is InChI=1S/2C7H10N2.4C6H9N3.C5H8N4.7C2H6/c1-6(2)7-3-8-5-9-4-7;1-6(2)7-3-4-8-9-5-7;1-5(2)6-8-3-7-4-9-6;1-5(2)6-3-8-9-4-7-6;1-5(2)6-3-7-4-8-9-6;1-5(2)6-7-3-4-8-9-6;1-4(2)5-8-6-3-7-9-5;7*1-2/h2*3-6H,1-2H3;4*3-5H,1-2H3;3-4H,1-2H3;7*1-2H3. The summed E-state index contributed by atoms with van der Waals surface area (Å²) in [5.74, 6) is 5.39. The van der Waals surface area contributed by atoms with Crippen molar-refractivity contribution in [2.45, 2.75) is 235 Å². The summed E-state index contributed by atoms with van der Waals surface area (Å²) in [6.45, 7) is 57.0. The lowest BCUT2D eigenvalue weighted by molar-refractivity contribution is 0.689. The molecule has 7 rings (SSSR count). The molecule has 20 heteroatoms. The maximum absolute atomic E-state index is 4.00. The van der Waals surface area contributed by atoms with Crippen molar-refractivity contribution >= 4 is 0 Å². The molecule has 77 heavy (non-hydrogen) atoms. The summed E-state index contributed by atoms with van der Waals surface area (Å²) in [6, 6.07) is 1.98. The SMILES string of the molecule is CC.CC.CC.CC.CC.CC.CC.CC(C)c1ccnnc1.CC(C)c1cncnc1.CC(C)c1cncnn1.CC(C)c1cnncn1.CC(C)c1nccnn1.CC(C)c1ncncn1.CC(C)c1nncnn1. The monoisotopic (exact) mass is 1070 g/mol. The summed E-state index contributed by atoms with van der Waals surface area (Å²) < 4.78 is 0. The highest BCUT2D eigenvalue weighted by Crippen LogP contribution is 2.11. The molecule has 0 unspecified atom stereocenters. The van der Waals surface area contributed by atoms with E-state index in [9.17, 15) is 0 Å². The van der Waals surface area contributed by atoms with Gasteiger partial charge in [0.05, 0.1) is 36.2 Å². The molecule has 0 N–H and O–H groups in total. The lowest BCUT2D eigenvalue weighted by Gasteiger charge is -2.00. The van der Waals surface area contributed by atoms with Crippen LogP contribution in [0.25, 0.3) is 0 Å². The molecule has 0 atom stereocenters. The summed E-state index contributed by atoms with van der Waals surface area (Å²) in [5.41, 5.74) is 4.37. The fourth-order valence-electron chi connectivity index (χ4n) is 3.83. The predicted molar refractivity (Wildman–Crippen MR) is 319 cm³/mol. The molecule has 0 aliphatic rings. The Hall–Kier alpha value is -6.86. The van der Waals surface area contributed by atoms with Gasteiger partial charge in [-0.15, -0.1) is 35.7 Å². The Morgan fingerprint density at radius 2 is 0.701 bits per heavy atom. The van der Waals surface area contributed by atoms with Crippen molar-refractivity contribution in [3.63, 3.8) is 0 Å². The zero-order chi connectivity index (χ0) is 60.8. The van der Waals surface area contributed by atoms with E-state index >= 15 is 0 Å². The second-order valence-electron chi connectivity index (χ2n) is 15.4. The molecule has 434 valence electrons. The van der Waals surface area contributed by atoms with Crippen LogP contribution in [0.5, 0.6) is 0 Å². The van der Waals surface area contributed by atoms with E-state index in [0.29, 0.717) is 47.2 Å². The first-order valence-electron chi connectivity index (χ1n) is 27.7. The molecule has 0 amide bonds. The largest absolute Gasteiger partial charge is 0.245 e. The van der Waals surface area contributed by atoms with E-state index < -0.39 is 0 Å². The van der Waals surface area contributed by atoms with E-state index in [1.165, 1.54) is 42.8 Å². The van der Waals surface area contributed by atoms with Crippen molar-refractivity contribution in [1.29, 1.82) is 0 Å². The second kappa shape index (κ2) is 65.3. The van der Waals surface area contributed by atoms with Crippen LogP contribution in [0.15, 0.2) is 93.6 Å². The minimum absolute atomic E-state index is 0.311. The van der Waals surface area contributed by atoms with Gasteiger partial charge in [-0.05, 0) is 40.9 Å². The van der Waals surface area contributed by atoms with E-state index in [1.54, 1.807) is 43.5 Å². The fourth-order valence-corrected chi connectivity index (χ4v) is 3.83. The fraction of sp³-hybridized carbons (Fsp3) is 0.614. The zero-order valence-corrected chi connectivity index (χ0v) is 53.1. The van der Waals surface area contributed by atoms with Gasteiger partial charge in [-0.25, -0.2) is 39.9 Å². The summed E-state index contributed by atoms with van der Waals surface area (Å²) in [6.07, 6.45) is 22.7. The first kappa shape index (κ1) is 84.1. The Bertz CT molecular complexity index is 1630. The first-order valence-corrected chi connectivity index (χ1v) is 27.7. The average molecular weight is 1070 g/mol. The number of aromatic nitrogens is 20. The Labute approximate surface area is 468 Å². The Kier molecular flexibility index (Phi) is 71.3. The highest BCUT2D eigenvalue weighted by molar-refractivity contribution is 5.09. The van der Waals surface area contributed by atoms with Crippen molar-refractivity contribution < 1.29 is 0 Å². The third kappa shape index (κ3) is 52.4. The molecule has 7 heterocycles. The van der Waals surface area contributed by atoms with Crippen LogP contribution < -0.4 is 0 Å². The van der Waals surface area contributed by atoms with Gasteiger partial charge in [-0.3, -0.25) is 0 Å². The molecule has 7 aromatic heterocycles. The van der Waals surface area contributed by atoms with Gasteiger partial charge in [-0.1, -0.05) is 194 Å². The Morgan fingerprint density at radius 1 is 0.247 bits per heavy atom. The lowest BCUT2D eigenvalue weighted by Crippen LogP contribution is -1.99. The van der Waals surface area contributed by atoms with E-state index in [0.717, 1.165) is 23.0 Å². The Balaban J connectivity index is -0.000000143. The zero-order valence-electron chi connectivity index (χ0n) is 53.1. The maximum atomic E-state index is 4.00. The van der Waals surface area contributed by atoms with Crippen LogP contribution in [0.1, 0.15) is 275 Å². The van der Waals surface area contributed by atoms with Crippen molar-refractivity contribution in [3.05, 3.63) is 134 Å². The molecule has 0 radical (unpaired) electrons. The normalized spacial score (nSPS) is 8.82. The molecule has 0 aliphatic carbocycles. The van der Waals surface area contributed by atoms with Crippen LogP contribution >= 0.6 is 0 Å². The predicted octanol–water partition coefficient (Wildman–Crippen LogP) is 14.8. The summed E-state index contributed by atoms with van der Waals surface area (Å²) in [4.78, 5) is 31.2. The van der Waals surface area contributed by atoms with Gasteiger partial charge in [-0.2, -0.15) is 25.5 Å². The molecule has 0 bridgehead atoms. The molecule has 20 nitrogen and oxygen atoms in total. The molecular weight excluding hydrogens is 965 g/mol. The first-order chi connectivity index (χ1) is 37.1. The summed E-state index contributed by atoms with van der Waals surface area (Å²) in [7, 11) is 0. The Morgan fingerprint density at radius 3 is 0.974 bits per heavy atom. The van der Waals surface area contributed by atoms with Crippen LogP contribution in [0, 0.1) is 0 Å². The van der Waals surface area contributed by atoms with Gasteiger partial charge in [0.15, 0.2) is 18.0 Å².